The number of ether oxygens (including phenoxy) is 5. The number of nitrogens with one attached hydrogen (secondary N) is 1. The first-order valence-electron chi connectivity index (χ1n) is 14.0. The van der Waals surface area contributed by atoms with Crippen molar-refractivity contribution in [1.82, 2.24) is 5.32 Å². The Morgan fingerprint density at radius 1 is 1.05 bits per heavy atom. The number of hydrogen-bond acceptors (Lipinski definition) is 9. The molecular weight excluding hydrogens is 522 g/mol. The van der Waals surface area contributed by atoms with E-state index in [1.54, 1.807) is 25.3 Å². The molecule has 0 spiro atoms. The molecule has 0 amide bonds. The first kappa shape index (κ1) is 28.7. The van der Waals surface area contributed by atoms with Crippen LogP contribution in [0.15, 0.2) is 60.7 Å². The van der Waals surface area contributed by atoms with Gasteiger partial charge in [0.15, 0.2) is 0 Å². The molecular formula is C32H37N3O6. The minimum absolute atomic E-state index is 0.188. The molecule has 5 rings (SSSR count). The Morgan fingerprint density at radius 3 is 2.66 bits per heavy atom. The molecule has 9 heteroatoms. The number of rotatable bonds is 11. The van der Waals surface area contributed by atoms with Crippen molar-refractivity contribution in [2.45, 2.75) is 31.2 Å². The van der Waals surface area contributed by atoms with E-state index >= 15 is 0 Å². The van der Waals surface area contributed by atoms with Crippen LogP contribution in [0.5, 0.6) is 23.0 Å². The highest BCUT2D eigenvalue weighted by atomic mass is 16.5. The number of methoxy groups -OCH3 is 2. The molecule has 216 valence electrons. The summed E-state index contributed by atoms with van der Waals surface area (Å²) < 4.78 is 28.8. The van der Waals surface area contributed by atoms with Gasteiger partial charge in [-0.05, 0) is 53.9 Å². The quantitative estimate of drug-likeness (QED) is 0.334. The molecule has 2 aliphatic heterocycles. The summed E-state index contributed by atoms with van der Waals surface area (Å²) in [5.41, 5.74) is 3.58. The Labute approximate surface area is 241 Å². The lowest BCUT2D eigenvalue weighted by molar-refractivity contribution is -0.0328. The van der Waals surface area contributed by atoms with Crippen LogP contribution in [0.4, 0.5) is 5.69 Å². The molecule has 0 radical (unpaired) electrons. The molecule has 1 fully saturated rings. The number of aliphatic hydroxyl groups excluding tert-OH is 1. The van der Waals surface area contributed by atoms with E-state index in [1.807, 2.05) is 36.4 Å². The Bertz CT molecular complexity index is 1340. The third kappa shape index (κ3) is 6.92. The van der Waals surface area contributed by atoms with Crippen LogP contribution in [0.2, 0.25) is 0 Å². The fourth-order valence-corrected chi connectivity index (χ4v) is 5.44. The summed E-state index contributed by atoms with van der Waals surface area (Å²) >= 11 is 0. The van der Waals surface area contributed by atoms with E-state index in [-0.39, 0.29) is 12.0 Å². The third-order valence-electron chi connectivity index (χ3n) is 7.53. The molecule has 0 aromatic heterocycles. The minimum Gasteiger partial charge on any atom is -0.495 e. The summed E-state index contributed by atoms with van der Waals surface area (Å²) in [4.78, 5) is 2.34. The first-order valence-corrected chi connectivity index (χ1v) is 14.0. The molecule has 0 bridgehead atoms. The van der Waals surface area contributed by atoms with Gasteiger partial charge in [0, 0.05) is 45.3 Å². The lowest BCUT2D eigenvalue weighted by Crippen LogP contribution is -2.49. The number of benzene rings is 3. The van der Waals surface area contributed by atoms with Crippen LogP contribution in [0.1, 0.15) is 29.0 Å². The second-order valence-electron chi connectivity index (χ2n) is 10.2. The zero-order chi connectivity index (χ0) is 28.6. The van der Waals surface area contributed by atoms with Crippen molar-refractivity contribution in [3.63, 3.8) is 0 Å². The predicted molar refractivity (Wildman–Crippen MR) is 155 cm³/mol. The Hall–Kier alpha value is -3.81. The Kier molecular flexibility index (Phi) is 9.59. The van der Waals surface area contributed by atoms with Crippen LogP contribution in [0, 0.1) is 11.3 Å². The molecule has 1 saturated heterocycles. The lowest BCUT2D eigenvalue weighted by atomic mass is 9.85. The van der Waals surface area contributed by atoms with Gasteiger partial charge in [-0.25, -0.2) is 0 Å². The fourth-order valence-electron chi connectivity index (χ4n) is 5.44. The van der Waals surface area contributed by atoms with Crippen LogP contribution in [-0.4, -0.2) is 70.9 Å². The highest BCUT2D eigenvalue weighted by molar-refractivity contribution is 5.61. The van der Waals surface area contributed by atoms with Crippen molar-refractivity contribution in [2.75, 3.05) is 58.5 Å². The van der Waals surface area contributed by atoms with Gasteiger partial charge in [0.1, 0.15) is 35.7 Å². The summed E-state index contributed by atoms with van der Waals surface area (Å²) in [5.74, 6) is 2.39. The molecule has 0 unspecified atom stereocenters. The van der Waals surface area contributed by atoms with Crippen molar-refractivity contribution >= 4 is 5.69 Å². The van der Waals surface area contributed by atoms with Crippen molar-refractivity contribution in [3.05, 3.63) is 77.4 Å². The largest absolute Gasteiger partial charge is 0.495 e. The number of aliphatic hydroxyl groups is 1. The zero-order valence-corrected chi connectivity index (χ0v) is 23.5. The van der Waals surface area contributed by atoms with Crippen LogP contribution in [0.25, 0.3) is 0 Å². The van der Waals surface area contributed by atoms with Gasteiger partial charge >= 0.3 is 0 Å². The summed E-state index contributed by atoms with van der Waals surface area (Å²) in [6, 6.07) is 21.1. The number of hydrogen-bond donors (Lipinski definition) is 2. The van der Waals surface area contributed by atoms with Gasteiger partial charge in [-0.1, -0.05) is 18.2 Å². The molecule has 0 aliphatic carbocycles. The normalized spacial score (nSPS) is 20.0. The van der Waals surface area contributed by atoms with Crippen molar-refractivity contribution in [2.24, 2.45) is 0 Å². The number of nitrogens with zero attached hydrogens (tertiary/aromatic N) is 2. The lowest BCUT2D eigenvalue weighted by Gasteiger charge is -2.36. The molecule has 41 heavy (non-hydrogen) atoms. The molecule has 0 saturated carbocycles. The topological polar surface area (TPSA) is 105 Å². The predicted octanol–water partition coefficient (Wildman–Crippen LogP) is 4.23. The van der Waals surface area contributed by atoms with Gasteiger partial charge in [0.25, 0.3) is 0 Å². The maximum Gasteiger partial charge on any atom is 0.142 e. The highest BCUT2D eigenvalue weighted by Gasteiger charge is 2.34. The summed E-state index contributed by atoms with van der Waals surface area (Å²) in [7, 11) is 3.25. The third-order valence-corrected chi connectivity index (χ3v) is 7.53. The SMILES string of the molecule is COCCCN1CCOc2ccc(CO[C@H]3CNC[C@@H](O)[C@@H]3c3ccc(Oc4ccc(C#N)c(OC)c4)cc3)cc21. The van der Waals surface area contributed by atoms with E-state index < -0.39 is 6.10 Å². The highest BCUT2D eigenvalue weighted by Crippen LogP contribution is 2.35. The molecule has 2 N–H and O–H groups in total. The fraction of sp³-hybridized carbons (Fsp3) is 0.406. The van der Waals surface area contributed by atoms with Crippen LogP contribution < -0.4 is 24.4 Å². The number of β-amino-alcohol motifs (C(OH)–C–C–N with tert-alkyl or cyclic N) is 1. The number of fused-ring (bicyclic) bond motifs is 1. The molecule has 3 atom stereocenters. The summed E-state index contributed by atoms with van der Waals surface area (Å²) in [5, 5.41) is 23.5. The van der Waals surface area contributed by atoms with Crippen molar-refractivity contribution in [3.8, 4) is 29.1 Å². The zero-order valence-electron chi connectivity index (χ0n) is 23.5. The molecule has 2 aliphatic rings. The summed E-state index contributed by atoms with van der Waals surface area (Å²) in [6.45, 7) is 4.73. The minimum atomic E-state index is -0.587. The van der Waals surface area contributed by atoms with Gasteiger partial charge in [-0.15, -0.1) is 0 Å². The van der Waals surface area contributed by atoms with Crippen molar-refractivity contribution in [1.29, 1.82) is 5.26 Å². The average molecular weight is 560 g/mol. The van der Waals surface area contributed by atoms with Gasteiger partial charge in [-0.2, -0.15) is 5.26 Å². The molecule has 9 nitrogen and oxygen atoms in total. The van der Waals surface area contributed by atoms with Gasteiger partial charge in [0.05, 0.1) is 43.7 Å². The number of piperidine rings is 1. The average Bonchev–Trinajstić information content (AvgIpc) is 3.00. The van der Waals surface area contributed by atoms with E-state index in [0.717, 1.165) is 48.7 Å². The van der Waals surface area contributed by atoms with E-state index in [0.29, 0.717) is 49.1 Å². The van der Waals surface area contributed by atoms with Crippen LogP contribution in [0.3, 0.4) is 0 Å². The van der Waals surface area contributed by atoms with Gasteiger partial charge in [0.2, 0.25) is 0 Å². The standard InChI is InChI=1S/C32H37N3O6/c1-37-14-3-12-35-13-15-39-29-11-4-22(16-27(29)35)21-40-31-20-34-19-28(36)32(31)23-5-8-25(9-6-23)41-26-10-7-24(18-33)30(17-26)38-2/h4-11,16-17,28,31-32,34,36H,3,12-15,19-21H2,1-2H3/t28-,31+,32+/m1/s1. The Balaban J connectivity index is 1.25. The second-order valence-corrected chi connectivity index (χ2v) is 10.2. The first-order chi connectivity index (χ1) is 20.1. The van der Waals surface area contributed by atoms with E-state index in [4.69, 9.17) is 23.7 Å². The monoisotopic (exact) mass is 559 g/mol. The Morgan fingerprint density at radius 2 is 1.88 bits per heavy atom. The molecule has 3 aromatic carbocycles. The molecule has 3 aromatic rings. The smallest absolute Gasteiger partial charge is 0.142 e. The van der Waals surface area contributed by atoms with E-state index in [2.05, 4.69) is 22.4 Å². The number of anilines is 1. The van der Waals surface area contributed by atoms with Gasteiger partial charge in [-0.3, -0.25) is 0 Å². The van der Waals surface area contributed by atoms with Crippen molar-refractivity contribution < 1.29 is 28.8 Å². The number of nitriles is 1. The van der Waals surface area contributed by atoms with Crippen LogP contribution in [-0.2, 0) is 16.1 Å². The molecule has 2 heterocycles. The summed E-state index contributed by atoms with van der Waals surface area (Å²) in [6.07, 6.45) is 0.157. The second kappa shape index (κ2) is 13.7. The van der Waals surface area contributed by atoms with E-state index in [1.165, 1.54) is 7.11 Å². The van der Waals surface area contributed by atoms with E-state index in [9.17, 15) is 10.4 Å². The van der Waals surface area contributed by atoms with Crippen LogP contribution >= 0.6 is 0 Å². The maximum atomic E-state index is 10.9. The maximum absolute atomic E-state index is 10.9. The van der Waals surface area contributed by atoms with Gasteiger partial charge < -0.3 is 39.0 Å².